The number of nitrogens with zero attached hydrogens (tertiary/aromatic N) is 5. The Labute approximate surface area is 177 Å². The van der Waals surface area contributed by atoms with Gasteiger partial charge in [0.15, 0.2) is 0 Å². The smallest absolute Gasteiger partial charge is 0.243 e. The van der Waals surface area contributed by atoms with Gasteiger partial charge in [-0.1, -0.05) is 19.9 Å². The molecule has 30 heavy (non-hydrogen) atoms. The van der Waals surface area contributed by atoms with Crippen LogP contribution in [0.4, 0.5) is 11.6 Å². The van der Waals surface area contributed by atoms with Crippen LogP contribution in [0.15, 0.2) is 47.6 Å². The number of piperazine rings is 1. The molecule has 1 saturated heterocycles. The molecular weight excluding hydrogens is 404 g/mol. The number of carbonyl (C=O) groups excluding carboxylic acids is 1. The lowest BCUT2D eigenvalue weighted by Gasteiger charge is -2.34. The van der Waals surface area contributed by atoms with Gasteiger partial charge in [0.1, 0.15) is 0 Å². The maximum atomic E-state index is 12.7. The molecule has 0 bridgehead atoms. The predicted molar refractivity (Wildman–Crippen MR) is 116 cm³/mol. The van der Waals surface area contributed by atoms with Crippen LogP contribution in [0.2, 0.25) is 0 Å². The molecule has 1 amide bonds. The zero-order chi connectivity index (χ0) is 21.6. The van der Waals surface area contributed by atoms with E-state index in [1.54, 1.807) is 50.5 Å². The van der Waals surface area contributed by atoms with Gasteiger partial charge in [-0.3, -0.25) is 9.69 Å². The fraction of sp³-hybridized carbons (Fsp3) is 0.450. The lowest BCUT2D eigenvalue weighted by molar-refractivity contribution is -0.117. The highest BCUT2D eigenvalue weighted by atomic mass is 32.2. The number of aromatic nitrogens is 2. The van der Waals surface area contributed by atoms with Crippen molar-refractivity contribution in [2.24, 2.45) is 0 Å². The number of hydrogen-bond donors (Lipinski definition) is 1. The van der Waals surface area contributed by atoms with E-state index in [9.17, 15) is 13.2 Å². The molecule has 3 rings (SSSR count). The zero-order valence-corrected chi connectivity index (χ0v) is 18.2. The Hall–Kier alpha value is -2.56. The maximum Gasteiger partial charge on any atom is 0.243 e. The first-order chi connectivity index (χ1) is 14.4. The Morgan fingerprint density at radius 2 is 1.73 bits per heavy atom. The Morgan fingerprint density at radius 1 is 1.07 bits per heavy atom. The van der Waals surface area contributed by atoms with Crippen LogP contribution in [0.25, 0.3) is 0 Å². The van der Waals surface area contributed by atoms with Crippen molar-refractivity contribution in [3.8, 4) is 0 Å². The van der Waals surface area contributed by atoms with Crippen LogP contribution >= 0.6 is 0 Å². The normalized spacial score (nSPS) is 15.4. The van der Waals surface area contributed by atoms with Gasteiger partial charge in [-0.25, -0.2) is 18.4 Å². The van der Waals surface area contributed by atoms with Crippen molar-refractivity contribution < 1.29 is 13.2 Å². The average Bonchev–Trinajstić information content (AvgIpc) is 2.76. The largest absolute Gasteiger partial charge is 0.338 e. The molecule has 0 saturated carbocycles. The molecule has 9 nitrogen and oxygen atoms in total. The monoisotopic (exact) mass is 432 g/mol. The van der Waals surface area contributed by atoms with E-state index >= 15 is 0 Å². The molecule has 2 aromatic rings. The van der Waals surface area contributed by atoms with E-state index in [1.807, 2.05) is 0 Å². The van der Waals surface area contributed by atoms with E-state index in [4.69, 9.17) is 0 Å². The fourth-order valence-electron chi connectivity index (χ4n) is 3.41. The lowest BCUT2D eigenvalue weighted by Crippen LogP contribution is -2.49. The molecule has 1 N–H and O–H groups in total. The minimum Gasteiger partial charge on any atom is -0.338 e. The molecule has 1 aliphatic rings. The summed E-state index contributed by atoms with van der Waals surface area (Å²) < 4.78 is 26.8. The van der Waals surface area contributed by atoms with E-state index in [0.29, 0.717) is 24.7 Å². The quantitative estimate of drug-likeness (QED) is 0.671. The van der Waals surface area contributed by atoms with Crippen molar-refractivity contribution in [1.29, 1.82) is 0 Å². The number of carbonyl (C=O) groups is 1. The number of nitrogens with one attached hydrogen (secondary N) is 1. The van der Waals surface area contributed by atoms with Crippen LogP contribution < -0.4 is 10.2 Å². The second-order valence-electron chi connectivity index (χ2n) is 6.98. The Bertz CT molecular complexity index is 942. The van der Waals surface area contributed by atoms with Crippen molar-refractivity contribution in [3.63, 3.8) is 0 Å². The predicted octanol–water partition coefficient (Wildman–Crippen LogP) is 1.27. The summed E-state index contributed by atoms with van der Waals surface area (Å²) in [7, 11) is -3.56. The second kappa shape index (κ2) is 9.96. The molecule has 1 aromatic carbocycles. The molecule has 2 heterocycles. The van der Waals surface area contributed by atoms with Crippen LogP contribution in [-0.4, -0.2) is 79.3 Å². The van der Waals surface area contributed by atoms with Crippen molar-refractivity contribution in [2.45, 2.75) is 18.7 Å². The third-order valence-electron chi connectivity index (χ3n) is 5.04. The van der Waals surface area contributed by atoms with E-state index in [0.717, 1.165) is 26.2 Å². The summed E-state index contributed by atoms with van der Waals surface area (Å²) in [5, 5.41) is 2.82. The van der Waals surface area contributed by atoms with Crippen molar-refractivity contribution in [1.82, 2.24) is 19.2 Å². The molecule has 0 unspecified atom stereocenters. The Balaban J connectivity index is 1.56. The highest BCUT2D eigenvalue weighted by Gasteiger charge is 2.23. The first kappa shape index (κ1) is 22.1. The molecular formula is C20H28N6O3S. The van der Waals surface area contributed by atoms with Crippen LogP contribution in [0.1, 0.15) is 13.8 Å². The summed E-state index contributed by atoms with van der Waals surface area (Å²) in [6.45, 7) is 7.59. The van der Waals surface area contributed by atoms with Crippen LogP contribution in [0, 0.1) is 0 Å². The molecule has 10 heteroatoms. The maximum absolute atomic E-state index is 12.7. The first-order valence-corrected chi connectivity index (χ1v) is 11.5. The van der Waals surface area contributed by atoms with Crippen LogP contribution in [-0.2, 0) is 14.8 Å². The molecule has 0 radical (unpaired) electrons. The van der Waals surface area contributed by atoms with Gasteiger partial charge in [-0.2, -0.15) is 4.31 Å². The summed E-state index contributed by atoms with van der Waals surface area (Å²) in [5.74, 6) is 0.532. The summed E-state index contributed by atoms with van der Waals surface area (Å²) >= 11 is 0. The number of amides is 1. The minimum atomic E-state index is -3.56. The number of benzene rings is 1. The third kappa shape index (κ3) is 5.32. The van der Waals surface area contributed by atoms with E-state index < -0.39 is 10.0 Å². The van der Waals surface area contributed by atoms with Gasteiger partial charge in [0.2, 0.25) is 21.9 Å². The Morgan fingerprint density at radius 3 is 2.37 bits per heavy atom. The minimum absolute atomic E-state index is 0.170. The van der Waals surface area contributed by atoms with Gasteiger partial charge in [-0.05, 0) is 24.3 Å². The van der Waals surface area contributed by atoms with Crippen LogP contribution in [0.3, 0.4) is 0 Å². The van der Waals surface area contributed by atoms with Gasteiger partial charge >= 0.3 is 0 Å². The number of hydrogen-bond acceptors (Lipinski definition) is 7. The fourth-order valence-corrected chi connectivity index (χ4v) is 4.92. The lowest BCUT2D eigenvalue weighted by atomic mass is 10.3. The topological polar surface area (TPSA) is 98.7 Å². The molecule has 0 spiro atoms. The summed E-state index contributed by atoms with van der Waals surface area (Å²) in [4.78, 5) is 25.3. The number of rotatable bonds is 8. The van der Waals surface area contributed by atoms with E-state index in [-0.39, 0.29) is 17.3 Å². The van der Waals surface area contributed by atoms with Gasteiger partial charge in [0.25, 0.3) is 0 Å². The highest BCUT2D eigenvalue weighted by Crippen LogP contribution is 2.19. The van der Waals surface area contributed by atoms with Crippen molar-refractivity contribution in [2.75, 3.05) is 56.0 Å². The summed E-state index contributed by atoms with van der Waals surface area (Å²) in [6.07, 6.45) is 3.44. The third-order valence-corrected chi connectivity index (χ3v) is 7.08. The van der Waals surface area contributed by atoms with Gasteiger partial charge in [0.05, 0.1) is 11.4 Å². The standard InChI is InChI=1S/C20H28N6O3S/c1-3-26(4-2)30(28,29)18-8-5-7-17(15-18)23-19(27)16-24-11-13-25(14-12-24)20-21-9-6-10-22-20/h5-10,15H,3-4,11-14,16H2,1-2H3,(H,23,27). The highest BCUT2D eigenvalue weighted by molar-refractivity contribution is 7.89. The second-order valence-corrected chi connectivity index (χ2v) is 8.92. The Kier molecular flexibility index (Phi) is 7.35. The summed E-state index contributed by atoms with van der Waals surface area (Å²) in [5.41, 5.74) is 0.476. The SMILES string of the molecule is CCN(CC)S(=O)(=O)c1cccc(NC(=O)CN2CCN(c3ncccn3)CC2)c1. The van der Waals surface area contributed by atoms with Crippen molar-refractivity contribution >= 4 is 27.6 Å². The van der Waals surface area contributed by atoms with E-state index in [2.05, 4.69) is 25.1 Å². The summed E-state index contributed by atoms with van der Waals surface area (Å²) in [6, 6.07) is 8.19. The van der Waals surface area contributed by atoms with Gasteiger partial charge < -0.3 is 10.2 Å². The number of anilines is 2. The molecule has 162 valence electrons. The van der Waals surface area contributed by atoms with Crippen molar-refractivity contribution in [3.05, 3.63) is 42.7 Å². The molecule has 0 atom stereocenters. The average molecular weight is 433 g/mol. The zero-order valence-electron chi connectivity index (χ0n) is 17.4. The van der Waals surface area contributed by atoms with Gasteiger partial charge in [-0.15, -0.1) is 0 Å². The molecule has 1 aliphatic heterocycles. The first-order valence-electron chi connectivity index (χ1n) is 10.1. The number of sulfonamides is 1. The van der Waals surface area contributed by atoms with Gasteiger partial charge in [0, 0.05) is 57.3 Å². The molecule has 1 fully saturated rings. The van der Waals surface area contributed by atoms with Crippen LogP contribution in [0.5, 0.6) is 0 Å². The molecule has 0 aliphatic carbocycles. The molecule has 1 aromatic heterocycles. The van der Waals surface area contributed by atoms with E-state index in [1.165, 1.54) is 10.4 Å².